The van der Waals surface area contributed by atoms with E-state index in [9.17, 15) is 4.79 Å². The van der Waals surface area contributed by atoms with Crippen LogP contribution in [-0.2, 0) is 9.53 Å². The molecule has 21 heavy (non-hydrogen) atoms. The summed E-state index contributed by atoms with van der Waals surface area (Å²) in [7, 11) is 0. The fourth-order valence-corrected chi connectivity index (χ4v) is 3.90. The molecule has 2 aliphatic rings. The van der Waals surface area contributed by atoms with Crippen LogP contribution in [0.15, 0.2) is 0 Å². The van der Waals surface area contributed by atoms with Gasteiger partial charge in [-0.2, -0.15) is 0 Å². The van der Waals surface area contributed by atoms with Crippen molar-refractivity contribution in [2.75, 3.05) is 6.61 Å². The fourth-order valence-electron chi connectivity index (χ4n) is 3.90. The lowest BCUT2D eigenvalue weighted by atomic mass is 9.63. The highest BCUT2D eigenvalue weighted by molar-refractivity contribution is 5.84. The van der Waals surface area contributed by atoms with Crippen LogP contribution in [0, 0.1) is 5.41 Å². The molecule has 0 spiro atoms. The molecule has 2 fully saturated rings. The summed E-state index contributed by atoms with van der Waals surface area (Å²) in [5, 5.41) is 3.56. The van der Waals surface area contributed by atoms with Crippen LogP contribution in [0.4, 0.5) is 0 Å². The highest BCUT2D eigenvalue weighted by Gasteiger charge is 2.56. The minimum atomic E-state index is 0.0218. The molecule has 4 unspecified atom stereocenters. The molecule has 0 aromatic heterocycles. The van der Waals surface area contributed by atoms with Crippen molar-refractivity contribution in [2.24, 2.45) is 5.41 Å². The van der Waals surface area contributed by atoms with Gasteiger partial charge in [0.15, 0.2) is 0 Å². The number of rotatable bonds is 7. The van der Waals surface area contributed by atoms with E-state index in [0.717, 1.165) is 38.7 Å². The summed E-state index contributed by atoms with van der Waals surface area (Å²) < 4.78 is 5.83. The lowest BCUT2D eigenvalue weighted by Crippen LogP contribution is -2.64. The van der Waals surface area contributed by atoms with Crippen molar-refractivity contribution in [3.8, 4) is 0 Å². The number of nitrogens with zero attached hydrogens (tertiary/aromatic N) is 1. The Morgan fingerprint density at radius 3 is 2.43 bits per heavy atom. The second-order valence-electron chi connectivity index (χ2n) is 7.07. The smallest absolute Gasteiger partial charge is 0.241 e. The first-order chi connectivity index (χ1) is 9.97. The Morgan fingerprint density at radius 2 is 1.90 bits per heavy atom. The molecule has 1 aliphatic heterocycles. The van der Waals surface area contributed by atoms with E-state index in [1.807, 2.05) is 6.92 Å². The average Bonchev–Trinajstić information content (AvgIpc) is 2.72. The number of hydrogen-bond donors (Lipinski definition) is 1. The van der Waals surface area contributed by atoms with Crippen molar-refractivity contribution in [1.82, 2.24) is 10.2 Å². The summed E-state index contributed by atoms with van der Waals surface area (Å²) in [5.74, 6) is 0.309. The Bertz CT molecular complexity index is 370. The maximum absolute atomic E-state index is 12.8. The lowest BCUT2D eigenvalue weighted by Gasteiger charge is -2.56. The normalized spacial score (nSPS) is 35.1. The maximum Gasteiger partial charge on any atom is 0.241 e. The molecule has 1 aliphatic carbocycles. The van der Waals surface area contributed by atoms with Crippen molar-refractivity contribution in [1.29, 1.82) is 0 Å². The summed E-state index contributed by atoms with van der Waals surface area (Å²) >= 11 is 0. The standard InChI is InChI=1S/C17H32N2O2/c1-6-9-12-16(20)19(15(18-12)10-7-2)13-11-14(21-8-3)17(13,4)5/h12-15,18H,6-11H2,1-5H3. The molecule has 1 heterocycles. The predicted octanol–water partition coefficient (Wildman–Crippen LogP) is 2.92. The van der Waals surface area contributed by atoms with E-state index in [2.05, 4.69) is 37.9 Å². The van der Waals surface area contributed by atoms with Crippen LogP contribution in [0.3, 0.4) is 0 Å². The number of nitrogens with one attached hydrogen (secondary N) is 1. The Labute approximate surface area is 129 Å². The Morgan fingerprint density at radius 1 is 1.24 bits per heavy atom. The largest absolute Gasteiger partial charge is 0.378 e. The van der Waals surface area contributed by atoms with Gasteiger partial charge in [0.2, 0.25) is 5.91 Å². The Hall–Kier alpha value is -0.610. The van der Waals surface area contributed by atoms with E-state index >= 15 is 0 Å². The van der Waals surface area contributed by atoms with E-state index in [1.165, 1.54) is 0 Å². The first kappa shape index (κ1) is 16.8. The van der Waals surface area contributed by atoms with Crippen molar-refractivity contribution in [3.05, 3.63) is 0 Å². The quantitative estimate of drug-likeness (QED) is 0.785. The van der Waals surface area contributed by atoms with Crippen LogP contribution >= 0.6 is 0 Å². The molecule has 1 saturated carbocycles. The molecule has 4 atom stereocenters. The summed E-state index contributed by atoms with van der Waals surface area (Å²) in [5.41, 5.74) is 0.0560. The molecule has 2 rings (SSSR count). The predicted molar refractivity (Wildman–Crippen MR) is 85.0 cm³/mol. The summed E-state index contributed by atoms with van der Waals surface area (Å²) in [6.45, 7) is 11.6. The first-order valence-corrected chi connectivity index (χ1v) is 8.67. The van der Waals surface area contributed by atoms with Gasteiger partial charge < -0.3 is 9.64 Å². The van der Waals surface area contributed by atoms with Crippen molar-refractivity contribution < 1.29 is 9.53 Å². The number of ether oxygens (including phenoxy) is 1. The van der Waals surface area contributed by atoms with Crippen LogP contribution in [-0.4, -0.2) is 41.8 Å². The van der Waals surface area contributed by atoms with Crippen molar-refractivity contribution >= 4 is 5.91 Å². The SMILES string of the molecule is CCCC1NC(CCC)N(C2CC(OCC)C2(C)C)C1=O. The molecule has 0 radical (unpaired) electrons. The minimum absolute atomic E-state index is 0.0218. The van der Waals surface area contributed by atoms with Gasteiger partial charge in [-0.05, 0) is 26.2 Å². The van der Waals surface area contributed by atoms with Crippen molar-refractivity contribution in [2.45, 2.75) is 91.1 Å². The van der Waals surface area contributed by atoms with Gasteiger partial charge in [-0.3, -0.25) is 10.1 Å². The topological polar surface area (TPSA) is 41.6 Å². The first-order valence-electron chi connectivity index (χ1n) is 8.67. The average molecular weight is 296 g/mol. The number of amides is 1. The van der Waals surface area contributed by atoms with Crippen LogP contribution in [0.25, 0.3) is 0 Å². The molecule has 0 bridgehead atoms. The van der Waals surface area contributed by atoms with E-state index in [4.69, 9.17) is 4.74 Å². The highest BCUT2D eigenvalue weighted by Crippen LogP contribution is 2.47. The zero-order valence-corrected chi connectivity index (χ0v) is 14.3. The van der Waals surface area contributed by atoms with Gasteiger partial charge in [0, 0.05) is 18.1 Å². The molecule has 4 heteroatoms. The van der Waals surface area contributed by atoms with Crippen LogP contribution in [0.1, 0.15) is 66.7 Å². The summed E-state index contributed by atoms with van der Waals surface area (Å²) in [6.07, 6.45) is 5.61. The fraction of sp³-hybridized carbons (Fsp3) is 0.941. The Kier molecular flexibility index (Phi) is 5.31. The second kappa shape index (κ2) is 6.66. The molecule has 1 N–H and O–H groups in total. The lowest BCUT2D eigenvalue weighted by molar-refractivity contribution is -0.168. The summed E-state index contributed by atoms with van der Waals surface area (Å²) in [4.78, 5) is 14.9. The molecule has 0 aromatic carbocycles. The molecule has 122 valence electrons. The van der Waals surface area contributed by atoms with Crippen molar-refractivity contribution in [3.63, 3.8) is 0 Å². The third kappa shape index (κ3) is 2.98. The van der Waals surface area contributed by atoms with Gasteiger partial charge in [0.25, 0.3) is 0 Å². The van der Waals surface area contributed by atoms with Crippen LogP contribution in [0.2, 0.25) is 0 Å². The number of hydrogen-bond acceptors (Lipinski definition) is 3. The molecule has 0 aromatic rings. The zero-order valence-electron chi connectivity index (χ0n) is 14.3. The van der Waals surface area contributed by atoms with E-state index in [1.54, 1.807) is 0 Å². The van der Waals surface area contributed by atoms with Crippen LogP contribution < -0.4 is 5.32 Å². The minimum Gasteiger partial charge on any atom is -0.378 e. The molecule has 4 nitrogen and oxygen atoms in total. The maximum atomic E-state index is 12.8. The Balaban J connectivity index is 2.11. The van der Waals surface area contributed by atoms with Gasteiger partial charge in [-0.1, -0.05) is 40.5 Å². The highest BCUT2D eigenvalue weighted by atomic mass is 16.5. The van der Waals surface area contributed by atoms with Gasteiger partial charge in [0.05, 0.1) is 18.3 Å². The molecule has 1 amide bonds. The molecular weight excluding hydrogens is 264 g/mol. The number of carbonyl (C=O) groups is 1. The zero-order chi connectivity index (χ0) is 15.6. The van der Waals surface area contributed by atoms with Crippen LogP contribution in [0.5, 0.6) is 0 Å². The third-order valence-electron chi connectivity index (χ3n) is 5.25. The summed E-state index contributed by atoms with van der Waals surface area (Å²) in [6, 6.07) is 0.334. The van der Waals surface area contributed by atoms with Gasteiger partial charge >= 0.3 is 0 Å². The van der Waals surface area contributed by atoms with Gasteiger partial charge in [-0.25, -0.2) is 0 Å². The molecular formula is C17H32N2O2. The third-order valence-corrected chi connectivity index (χ3v) is 5.25. The van der Waals surface area contributed by atoms with Gasteiger partial charge in [-0.15, -0.1) is 0 Å². The van der Waals surface area contributed by atoms with E-state index < -0.39 is 0 Å². The van der Waals surface area contributed by atoms with E-state index in [0.29, 0.717) is 11.9 Å². The van der Waals surface area contributed by atoms with Gasteiger partial charge in [0.1, 0.15) is 0 Å². The number of carbonyl (C=O) groups excluding carboxylic acids is 1. The molecule has 1 saturated heterocycles. The second-order valence-corrected chi connectivity index (χ2v) is 7.07. The monoisotopic (exact) mass is 296 g/mol. The van der Waals surface area contributed by atoms with E-state index in [-0.39, 0.29) is 23.7 Å².